The number of methoxy groups -OCH3 is 2. The first kappa shape index (κ1) is 25.5. The number of fused-ring (bicyclic) bond motifs is 3. The molecule has 1 aromatic rings. The molecule has 2 aliphatic carbocycles. The van der Waals surface area contributed by atoms with E-state index in [0.29, 0.717) is 23.8 Å². The summed E-state index contributed by atoms with van der Waals surface area (Å²) in [4.78, 5) is 28.5. The minimum Gasteiger partial charge on any atom is -0.497 e. The van der Waals surface area contributed by atoms with Gasteiger partial charge in [-0.2, -0.15) is 0 Å². The highest BCUT2D eigenvalue weighted by Crippen LogP contribution is 2.55. The SMILES string of the molecule is COC(=O)C[C@](O)(CCCC1CC1)C(=O)O[C@@H]1C(OC)=C[C@]23CCCN2CCc2cc4c(cc2[C@H]13)OCO4. The third kappa shape index (κ3) is 4.33. The van der Waals surface area contributed by atoms with Crippen LogP contribution in [0.25, 0.3) is 0 Å². The van der Waals surface area contributed by atoms with Gasteiger partial charge in [0, 0.05) is 6.54 Å². The molecule has 0 bridgehead atoms. The van der Waals surface area contributed by atoms with E-state index in [4.69, 9.17) is 23.7 Å². The minimum atomic E-state index is -1.96. The van der Waals surface area contributed by atoms with Gasteiger partial charge in [0.15, 0.2) is 23.2 Å². The van der Waals surface area contributed by atoms with E-state index in [1.165, 1.54) is 20.0 Å². The molecule has 0 amide bonds. The molecule has 5 aliphatic rings. The average molecular weight is 528 g/mol. The molecule has 1 spiro atoms. The Kier molecular flexibility index (Phi) is 6.54. The molecule has 3 heterocycles. The standard InChI is InChI=1S/C29H37NO8/c1-34-23-15-28-9-4-11-30(28)12-8-19-13-21-22(37-17-36-21)14-20(19)25(28)26(23)38-27(32)29(33,16-24(31)35-2)10-3-5-18-6-7-18/h13-15,18,25-26,33H,3-12,16-17H2,1-2H3/t25-,26-,28+,29-/m1/s1. The third-order valence-electron chi connectivity index (χ3n) is 9.14. The van der Waals surface area contributed by atoms with Crippen molar-refractivity contribution in [3.63, 3.8) is 0 Å². The van der Waals surface area contributed by atoms with Crippen molar-refractivity contribution >= 4 is 11.9 Å². The number of hydrogen-bond acceptors (Lipinski definition) is 9. The summed E-state index contributed by atoms with van der Waals surface area (Å²) in [7, 11) is 2.84. The van der Waals surface area contributed by atoms with Gasteiger partial charge in [0.05, 0.1) is 32.1 Å². The fraction of sp³-hybridized carbons (Fsp3) is 0.655. The van der Waals surface area contributed by atoms with Crippen molar-refractivity contribution in [3.8, 4) is 11.5 Å². The van der Waals surface area contributed by atoms with Crippen molar-refractivity contribution in [2.45, 2.75) is 80.9 Å². The average Bonchev–Trinajstić information content (AvgIpc) is 3.37. The zero-order valence-electron chi connectivity index (χ0n) is 22.2. The number of esters is 2. The lowest BCUT2D eigenvalue weighted by Gasteiger charge is -2.39. The first-order chi connectivity index (χ1) is 18.4. The molecule has 1 saturated carbocycles. The normalized spacial score (nSPS) is 28.9. The Morgan fingerprint density at radius 2 is 1.97 bits per heavy atom. The number of rotatable bonds is 9. The highest BCUT2D eigenvalue weighted by atomic mass is 16.7. The molecule has 1 saturated heterocycles. The molecular formula is C29H37NO8. The maximum absolute atomic E-state index is 13.8. The summed E-state index contributed by atoms with van der Waals surface area (Å²) in [5, 5.41) is 11.5. The van der Waals surface area contributed by atoms with Gasteiger partial charge in [0.1, 0.15) is 5.76 Å². The Labute approximate surface area is 223 Å². The number of benzene rings is 1. The second-order valence-electron chi connectivity index (χ2n) is 11.4. The zero-order chi connectivity index (χ0) is 26.5. The topological polar surface area (TPSA) is 104 Å². The van der Waals surface area contributed by atoms with Crippen LogP contribution >= 0.6 is 0 Å². The lowest BCUT2D eigenvalue weighted by Crippen LogP contribution is -2.49. The molecule has 1 aromatic carbocycles. The van der Waals surface area contributed by atoms with Crippen molar-refractivity contribution in [1.82, 2.24) is 4.90 Å². The molecule has 1 N–H and O–H groups in total. The lowest BCUT2D eigenvalue weighted by atomic mass is 9.77. The summed E-state index contributed by atoms with van der Waals surface area (Å²) >= 11 is 0. The summed E-state index contributed by atoms with van der Waals surface area (Å²) in [6.45, 7) is 1.99. The van der Waals surface area contributed by atoms with Gasteiger partial charge in [-0.25, -0.2) is 4.79 Å². The van der Waals surface area contributed by atoms with Gasteiger partial charge in [-0.1, -0.05) is 19.3 Å². The fourth-order valence-corrected chi connectivity index (χ4v) is 6.98. The van der Waals surface area contributed by atoms with Crippen LogP contribution in [0.5, 0.6) is 11.5 Å². The Bertz CT molecular complexity index is 1150. The number of nitrogens with zero attached hydrogens (tertiary/aromatic N) is 1. The number of carbonyl (C=O) groups is 2. The van der Waals surface area contributed by atoms with E-state index >= 15 is 0 Å². The summed E-state index contributed by atoms with van der Waals surface area (Å²) in [6.07, 6.45) is 7.77. The van der Waals surface area contributed by atoms with E-state index in [1.807, 2.05) is 12.1 Å². The van der Waals surface area contributed by atoms with Crippen LogP contribution in [0.2, 0.25) is 0 Å². The highest BCUT2D eigenvalue weighted by Gasteiger charge is 2.59. The van der Waals surface area contributed by atoms with Crippen molar-refractivity contribution in [2.75, 3.05) is 34.1 Å². The van der Waals surface area contributed by atoms with Crippen molar-refractivity contribution < 1.29 is 38.4 Å². The fourth-order valence-electron chi connectivity index (χ4n) is 6.98. The third-order valence-corrected chi connectivity index (χ3v) is 9.14. The summed E-state index contributed by atoms with van der Waals surface area (Å²) in [6, 6.07) is 4.07. The lowest BCUT2D eigenvalue weighted by molar-refractivity contribution is -0.178. The first-order valence-corrected chi connectivity index (χ1v) is 13.8. The Morgan fingerprint density at radius 3 is 2.71 bits per heavy atom. The van der Waals surface area contributed by atoms with Gasteiger partial charge in [-0.05, 0) is 73.9 Å². The van der Waals surface area contributed by atoms with Gasteiger partial charge >= 0.3 is 11.9 Å². The van der Waals surface area contributed by atoms with Crippen LogP contribution in [0.4, 0.5) is 0 Å². The predicted molar refractivity (Wildman–Crippen MR) is 136 cm³/mol. The molecule has 0 radical (unpaired) electrons. The van der Waals surface area contributed by atoms with Crippen LogP contribution in [0.15, 0.2) is 24.0 Å². The van der Waals surface area contributed by atoms with Crippen molar-refractivity contribution in [3.05, 3.63) is 35.1 Å². The van der Waals surface area contributed by atoms with Gasteiger partial charge in [0.2, 0.25) is 6.79 Å². The summed E-state index contributed by atoms with van der Waals surface area (Å²) < 4.78 is 28.3. The molecule has 0 aromatic heterocycles. The molecule has 6 rings (SSSR count). The van der Waals surface area contributed by atoms with Crippen LogP contribution in [0.1, 0.15) is 68.4 Å². The molecule has 3 aliphatic heterocycles. The Balaban J connectivity index is 1.35. The molecule has 9 nitrogen and oxygen atoms in total. The van der Waals surface area contributed by atoms with Crippen LogP contribution in [0.3, 0.4) is 0 Å². The van der Waals surface area contributed by atoms with E-state index in [0.717, 1.165) is 55.6 Å². The quantitative estimate of drug-likeness (QED) is 0.485. The molecular weight excluding hydrogens is 490 g/mol. The first-order valence-electron chi connectivity index (χ1n) is 13.8. The molecule has 38 heavy (non-hydrogen) atoms. The predicted octanol–water partition coefficient (Wildman–Crippen LogP) is 3.22. The second-order valence-corrected chi connectivity index (χ2v) is 11.4. The highest BCUT2D eigenvalue weighted by molar-refractivity contribution is 5.86. The van der Waals surface area contributed by atoms with Crippen LogP contribution in [-0.2, 0) is 30.2 Å². The second kappa shape index (κ2) is 9.75. The van der Waals surface area contributed by atoms with E-state index in [-0.39, 0.29) is 24.7 Å². The van der Waals surface area contributed by atoms with Crippen LogP contribution < -0.4 is 9.47 Å². The summed E-state index contributed by atoms with van der Waals surface area (Å²) in [5.74, 6) is 0.937. The smallest absolute Gasteiger partial charge is 0.339 e. The molecule has 2 fully saturated rings. The zero-order valence-corrected chi connectivity index (χ0v) is 22.2. The largest absolute Gasteiger partial charge is 0.497 e. The van der Waals surface area contributed by atoms with Crippen LogP contribution in [-0.4, -0.2) is 73.3 Å². The van der Waals surface area contributed by atoms with E-state index in [1.54, 1.807) is 7.11 Å². The maximum Gasteiger partial charge on any atom is 0.339 e. The van der Waals surface area contributed by atoms with Crippen molar-refractivity contribution in [1.29, 1.82) is 0 Å². The molecule has 4 atom stereocenters. The van der Waals surface area contributed by atoms with Crippen molar-refractivity contribution in [2.24, 2.45) is 5.92 Å². The van der Waals surface area contributed by atoms with E-state index in [2.05, 4.69) is 11.0 Å². The van der Waals surface area contributed by atoms with Gasteiger partial charge in [0.25, 0.3) is 0 Å². The van der Waals surface area contributed by atoms with Gasteiger partial charge in [-0.15, -0.1) is 0 Å². The summed E-state index contributed by atoms with van der Waals surface area (Å²) in [5.41, 5.74) is -0.158. The number of carbonyl (C=O) groups excluding carboxylic acids is 2. The molecule has 206 valence electrons. The Morgan fingerprint density at radius 1 is 1.18 bits per heavy atom. The minimum absolute atomic E-state index is 0.146. The molecule has 0 unspecified atom stereocenters. The monoisotopic (exact) mass is 527 g/mol. The number of ether oxygens (including phenoxy) is 5. The number of aliphatic hydroxyl groups is 1. The molecule has 9 heteroatoms. The number of hydrogen-bond donors (Lipinski definition) is 1. The maximum atomic E-state index is 13.8. The van der Waals surface area contributed by atoms with Gasteiger partial charge < -0.3 is 28.8 Å². The Hall–Kier alpha value is -2.78. The van der Waals surface area contributed by atoms with Crippen LogP contribution in [0, 0.1) is 5.92 Å². The van der Waals surface area contributed by atoms with E-state index < -0.39 is 30.1 Å². The van der Waals surface area contributed by atoms with Gasteiger partial charge in [-0.3, -0.25) is 9.69 Å². The van der Waals surface area contributed by atoms with E-state index in [9.17, 15) is 14.7 Å².